The fraction of sp³-hybridized carbons (Fsp3) is 0.150. The lowest BCUT2D eigenvalue weighted by molar-refractivity contribution is -0.137. The van der Waals surface area contributed by atoms with Crippen LogP contribution in [0.3, 0.4) is 0 Å². The molecule has 7 heteroatoms. The van der Waals surface area contributed by atoms with Crippen molar-refractivity contribution in [2.24, 2.45) is 0 Å². The van der Waals surface area contributed by atoms with Crippen molar-refractivity contribution in [3.8, 4) is 5.75 Å². The van der Waals surface area contributed by atoms with E-state index in [1.165, 1.54) is 16.7 Å². The van der Waals surface area contributed by atoms with Crippen LogP contribution in [0, 0.1) is 0 Å². The Bertz CT molecular complexity index is 967. The summed E-state index contributed by atoms with van der Waals surface area (Å²) in [6.45, 7) is 0.482. The molecule has 1 heterocycles. The van der Waals surface area contributed by atoms with Gasteiger partial charge in [0.05, 0.1) is 12.1 Å². The van der Waals surface area contributed by atoms with Crippen molar-refractivity contribution in [2.75, 3.05) is 0 Å². The molecule has 0 amide bonds. The Hall–Kier alpha value is -2.54. The summed E-state index contributed by atoms with van der Waals surface area (Å²) in [6.07, 6.45) is -2.82. The maximum Gasteiger partial charge on any atom is 0.416 e. The molecule has 0 unspecified atom stereocenters. The van der Waals surface area contributed by atoms with E-state index in [1.807, 2.05) is 30.3 Å². The Morgan fingerprint density at radius 2 is 1.59 bits per heavy atom. The van der Waals surface area contributed by atoms with Crippen LogP contribution in [0.4, 0.5) is 13.2 Å². The van der Waals surface area contributed by atoms with E-state index < -0.39 is 11.7 Å². The molecule has 3 rings (SSSR count). The molecule has 0 aliphatic carbocycles. The summed E-state index contributed by atoms with van der Waals surface area (Å²) >= 11 is 3.25. The lowest BCUT2D eigenvalue weighted by Crippen LogP contribution is -2.21. The number of hydrogen-bond donors (Lipinski definition) is 0. The smallest absolute Gasteiger partial charge is 0.416 e. The molecule has 0 bridgehead atoms. The SMILES string of the molecule is O=c1c(Br)c(OCc2ccccc2)ccn1Cc1ccc(C(F)(F)F)cc1. The Balaban J connectivity index is 1.74. The lowest BCUT2D eigenvalue weighted by atomic mass is 10.1. The minimum Gasteiger partial charge on any atom is -0.487 e. The summed E-state index contributed by atoms with van der Waals surface area (Å²) in [5.74, 6) is 0.410. The molecule has 0 N–H and O–H groups in total. The molecule has 2 aromatic carbocycles. The van der Waals surface area contributed by atoms with Crippen LogP contribution < -0.4 is 10.3 Å². The van der Waals surface area contributed by atoms with Gasteiger partial charge < -0.3 is 9.30 Å². The van der Waals surface area contributed by atoms with Crippen molar-refractivity contribution in [3.63, 3.8) is 0 Å². The molecule has 0 spiro atoms. The first-order valence-electron chi connectivity index (χ1n) is 8.06. The van der Waals surface area contributed by atoms with E-state index in [4.69, 9.17) is 4.74 Å². The predicted octanol–water partition coefficient (Wildman–Crippen LogP) is 5.26. The first-order valence-corrected chi connectivity index (χ1v) is 8.86. The van der Waals surface area contributed by atoms with E-state index in [9.17, 15) is 18.0 Å². The van der Waals surface area contributed by atoms with Crippen LogP contribution in [-0.2, 0) is 19.3 Å². The van der Waals surface area contributed by atoms with E-state index in [0.29, 0.717) is 17.9 Å². The van der Waals surface area contributed by atoms with Crippen molar-refractivity contribution < 1.29 is 17.9 Å². The van der Waals surface area contributed by atoms with Crippen LogP contribution in [-0.4, -0.2) is 4.57 Å². The summed E-state index contributed by atoms with van der Waals surface area (Å²) in [6, 6.07) is 15.9. The van der Waals surface area contributed by atoms with Gasteiger partial charge in [-0.05, 0) is 45.3 Å². The van der Waals surface area contributed by atoms with Gasteiger partial charge in [0, 0.05) is 6.20 Å². The van der Waals surface area contributed by atoms with Gasteiger partial charge in [0.15, 0.2) is 0 Å². The van der Waals surface area contributed by atoms with Gasteiger partial charge in [0.25, 0.3) is 5.56 Å². The third-order valence-electron chi connectivity index (χ3n) is 3.94. The Labute approximate surface area is 162 Å². The molecule has 0 saturated carbocycles. The topological polar surface area (TPSA) is 31.2 Å². The van der Waals surface area contributed by atoms with Crippen LogP contribution in [0.1, 0.15) is 16.7 Å². The normalized spacial score (nSPS) is 11.4. The molecule has 140 valence electrons. The highest BCUT2D eigenvalue weighted by atomic mass is 79.9. The van der Waals surface area contributed by atoms with Gasteiger partial charge in [-0.2, -0.15) is 13.2 Å². The second kappa shape index (κ2) is 8.00. The molecule has 0 saturated heterocycles. The average Bonchev–Trinajstić information content (AvgIpc) is 2.65. The maximum absolute atomic E-state index is 12.6. The number of alkyl halides is 3. The van der Waals surface area contributed by atoms with E-state index in [1.54, 1.807) is 12.3 Å². The highest BCUT2D eigenvalue weighted by Crippen LogP contribution is 2.29. The Morgan fingerprint density at radius 1 is 0.926 bits per heavy atom. The third kappa shape index (κ3) is 4.80. The molecule has 0 atom stereocenters. The summed E-state index contributed by atoms with van der Waals surface area (Å²) in [7, 11) is 0. The predicted molar refractivity (Wildman–Crippen MR) is 99.7 cm³/mol. The third-order valence-corrected chi connectivity index (χ3v) is 4.67. The van der Waals surface area contributed by atoms with Gasteiger partial charge in [0.1, 0.15) is 16.8 Å². The van der Waals surface area contributed by atoms with Gasteiger partial charge in [-0.15, -0.1) is 0 Å². The highest BCUT2D eigenvalue weighted by Gasteiger charge is 2.29. The molecule has 0 radical (unpaired) electrons. The van der Waals surface area contributed by atoms with E-state index in [2.05, 4.69) is 15.9 Å². The zero-order chi connectivity index (χ0) is 19.4. The number of aromatic nitrogens is 1. The number of pyridine rings is 1. The summed E-state index contributed by atoms with van der Waals surface area (Å²) in [4.78, 5) is 12.5. The molecule has 27 heavy (non-hydrogen) atoms. The molecule has 1 aromatic heterocycles. The van der Waals surface area contributed by atoms with Crippen LogP contribution in [0.5, 0.6) is 5.75 Å². The van der Waals surface area contributed by atoms with Crippen LogP contribution in [0.25, 0.3) is 0 Å². The van der Waals surface area contributed by atoms with Crippen molar-refractivity contribution in [3.05, 3.63) is 98.4 Å². The fourth-order valence-electron chi connectivity index (χ4n) is 2.50. The van der Waals surface area contributed by atoms with Crippen molar-refractivity contribution in [1.29, 1.82) is 0 Å². The molecular weight excluding hydrogens is 423 g/mol. The van der Waals surface area contributed by atoms with E-state index >= 15 is 0 Å². The summed E-state index contributed by atoms with van der Waals surface area (Å²) in [5.41, 5.74) is 0.526. The van der Waals surface area contributed by atoms with Gasteiger partial charge in [-0.3, -0.25) is 4.79 Å². The van der Waals surface area contributed by atoms with E-state index in [-0.39, 0.29) is 16.6 Å². The van der Waals surface area contributed by atoms with Gasteiger partial charge in [0.2, 0.25) is 0 Å². The minimum atomic E-state index is -4.38. The zero-order valence-corrected chi connectivity index (χ0v) is 15.6. The average molecular weight is 438 g/mol. The van der Waals surface area contributed by atoms with Crippen LogP contribution in [0.2, 0.25) is 0 Å². The maximum atomic E-state index is 12.6. The number of halogens is 4. The van der Waals surface area contributed by atoms with Gasteiger partial charge >= 0.3 is 6.18 Å². The molecule has 0 aliphatic rings. The standard InChI is InChI=1S/C20H15BrF3NO2/c21-18-17(27-13-15-4-2-1-3-5-15)10-11-25(19(18)26)12-14-6-8-16(9-7-14)20(22,23)24/h1-11H,12-13H2. The number of rotatable bonds is 5. The highest BCUT2D eigenvalue weighted by molar-refractivity contribution is 9.10. The lowest BCUT2D eigenvalue weighted by Gasteiger charge is -2.12. The number of ether oxygens (including phenoxy) is 1. The summed E-state index contributed by atoms with van der Waals surface area (Å²) < 4.78 is 45.2. The zero-order valence-electron chi connectivity index (χ0n) is 14.0. The second-order valence-electron chi connectivity index (χ2n) is 5.90. The summed E-state index contributed by atoms with van der Waals surface area (Å²) in [5, 5.41) is 0. The Morgan fingerprint density at radius 3 is 2.22 bits per heavy atom. The minimum absolute atomic E-state index is 0.161. The molecule has 0 fully saturated rings. The number of benzene rings is 2. The van der Waals surface area contributed by atoms with Crippen molar-refractivity contribution in [2.45, 2.75) is 19.3 Å². The van der Waals surface area contributed by atoms with E-state index in [0.717, 1.165) is 17.7 Å². The first kappa shape index (κ1) is 19.2. The first-order chi connectivity index (χ1) is 12.8. The molecule has 3 nitrogen and oxygen atoms in total. The van der Waals surface area contributed by atoms with Crippen molar-refractivity contribution in [1.82, 2.24) is 4.57 Å². The Kier molecular flexibility index (Phi) is 5.70. The van der Waals surface area contributed by atoms with Gasteiger partial charge in [-0.1, -0.05) is 42.5 Å². The molecular formula is C20H15BrF3NO2. The van der Waals surface area contributed by atoms with Crippen LogP contribution in [0.15, 0.2) is 76.1 Å². The van der Waals surface area contributed by atoms with Crippen molar-refractivity contribution >= 4 is 15.9 Å². The molecule has 0 aliphatic heterocycles. The second-order valence-corrected chi connectivity index (χ2v) is 6.69. The fourth-order valence-corrected chi connectivity index (χ4v) is 2.97. The number of hydrogen-bond acceptors (Lipinski definition) is 2. The monoisotopic (exact) mass is 437 g/mol. The number of nitrogens with zero attached hydrogens (tertiary/aromatic N) is 1. The quantitative estimate of drug-likeness (QED) is 0.545. The molecule has 3 aromatic rings. The van der Waals surface area contributed by atoms with Gasteiger partial charge in [-0.25, -0.2) is 0 Å². The van der Waals surface area contributed by atoms with Crippen LogP contribution >= 0.6 is 15.9 Å². The largest absolute Gasteiger partial charge is 0.487 e.